The summed E-state index contributed by atoms with van der Waals surface area (Å²) in [6.45, 7) is 6.98. The summed E-state index contributed by atoms with van der Waals surface area (Å²) in [6.07, 6.45) is 0. The van der Waals surface area contributed by atoms with E-state index < -0.39 is 0 Å². The molecule has 0 aliphatic carbocycles. The van der Waals surface area contributed by atoms with Gasteiger partial charge in [0, 0.05) is 12.1 Å². The fraction of sp³-hybridized carbons (Fsp3) is 0.455. The summed E-state index contributed by atoms with van der Waals surface area (Å²) in [7, 11) is 0. The topological polar surface area (TPSA) is 12.0 Å². The first-order valence-corrected chi connectivity index (χ1v) is 4.47. The Hall–Kier alpha value is -0.890. The van der Waals surface area contributed by atoms with E-state index in [2.05, 4.69) is 26.1 Å². The summed E-state index contributed by atoms with van der Waals surface area (Å²) in [4.78, 5) is 0. The Morgan fingerprint density at radius 2 is 2.00 bits per heavy atom. The maximum Gasteiger partial charge on any atom is 0.123 e. The van der Waals surface area contributed by atoms with Gasteiger partial charge in [-0.05, 0) is 38.5 Å². The molecular formula is C11H16FN. The van der Waals surface area contributed by atoms with Crippen LogP contribution < -0.4 is 5.32 Å². The van der Waals surface area contributed by atoms with Crippen LogP contribution in [0.1, 0.15) is 26.3 Å². The second-order valence-corrected chi connectivity index (χ2v) is 4.23. The van der Waals surface area contributed by atoms with Gasteiger partial charge >= 0.3 is 0 Å². The molecule has 1 rings (SSSR count). The largest absolute Gasteiger partial charge is 0.308 e. The molecule has 0 amide bonds. The van der Waals surface area contributed by atoms with Crippen LogP contribution in [0.5, 0.6) is 0 Å². The van der Waals surface area contributed by atoms with Crippen molar-refractivity contribution in [2.45, 2.75) is 32.9 Å². The van der Waals surface area contributed by atoms with Crippen LogP contribution in [0.25, 0.3) is 0 Å². The third-order valence-corrected chi connectivity index (χ3v) is 1.71. The number of benzene rings is 1. The minimum absolute atomic E-state index is 0.0757. The second kappa shape index (κ2) is 3.88. The first-order chi connectivity index (χ1) is 5.97. The number of halogens is 1. The van der Waals surface area contributed by atoms with E-state index in [1.54, 1.807) is 12.1 Å². The molecule has 0 heterocycles. The molecule has 0 unspecified atom stereocenters. The molecule has 13 heavy (non-hydrogen) atoms. The van der Waals surface area contributed by atoms with Crippen molar-refractivity contribution < 1.29 is 4.39 Å². The van der Waals surface area contributed by atoms with Crippen molar-refractivity contribution in [3.8, 4) is 0 Å². The molecule has 0 aliphatic heterocycles. The van der Waals surface area contributed by atoms with Crippen molar-refractivity contribution in [3.05, 3.63) is 35.6 Å². The van der Waals surface area contributed by atoms with Gasteiger partial charge in [-0.2, -0.15) is 0 Å². The van der Waals surface area contributed by atoms with E-state index >= 15 is 0 Å². The predicted octanol–water partition coefficient (Wildman–Crippen LogP) is 2.71. The van der Waals surface area contributed by atoms with Crippen LogP contribution >= 0.6 is 0 Å². The molecule has 1 nitrogen and oxygen atoms in total. The van der Waals surface area contributed by atoms with E-state index in [9.17, 15) is 4.39 Å². The number of nitrogens with one attached hydrogen (secondary N) is 1. The lowest BCUT2D eigenvalue weighted by atomic mass is 10.1. The van der Waals surface area contributed by atoms with Crippen LogP contribution in [0, 0.1) is 5.82 Å². The lowest BCUT2D eigenvalue weighted by Crippen LogP contribution is -2.35. The highest BCUT2D eigenvalue weighted by atomic mass is 19.1. The Kier molecular flexibility index (Phi) is 3.04. The molecule has 0 atom stereocenters. The Balaban J connectivity index is 2.55. The quantitative estimate of drug-likeness (QED) is 0.739. The smallest absolute Gasteiger partial charge is 0.123 e. The molecule has 0 radical (unpaired) electrons. The Morgan fingerprint density at radius 1 is 1.31 bits per heavy atom. The van der Waals surface area contributed by atoms with Crippen LogP contribution in [-0.4, -0.2) is 5.54 Å². The molecule has 1 aromatic carbocycles. The zero-order chi connectivity index (χ0) is 9.90. The standard InChI is InChI=1S/C11H16FN/c1-11(2,3)13-8-9-5-4-6-10(12)7-9/h4-7,13H,8H2,1-3H3. The Morgan fingerprint density at radius 3 is 2.54 bits per heavy atom. The first-order valence-electron chi connectivity index (χ1n) is 4.47. The van der Waals surface area contributed by atoms with Crippen molar-refractivity contribution in [1.29, 1.82) is 0 Å². The highest BCUT2D eigenvalue weighted by molar-refractivity contribution is 5.16. The monoisotopic (exact) mass is 181 g/mol. The lowest BCUT2D eigenvalue weighted by molar-refractivity contribution is 0.423. The summed E-state index contributed by atoms with van der Waals surface area (Å²) >= 11 is 0. The molecule has 1 N–H and O–H groups in total. The molecule has 0 saturated carbocycles. The van der Waals surface area contributed by atoms with E-state index in [0.717, 1.165) is 5.56 Å². The van der Waals surface area contributed by atoms with Crippen LogP contribution in [0.4, 0.5) is 4.39 Å². The van der Waals surface area contributed by atoms with Gasteiger partial charge in [0.2, 0.25) is 0 Å². The molecule has 0 bridgehead atoms. The molecule has 0 aliphatic rings. The molecule has 0 fully saturated rings. The zero-order valence-electron chi connectivity index (χ0n) is 8.39. The Labute approximate surface area is 79.0 Å². The molecule has 0 spiro atoms. The average Bonchev–Trinajstić information content (AvgIpc) is 2.00. The van der Waals surface area contributed by atoms with Crippen molar-refractivity contribution in [3.63, 3.8) is 0 Å². The van der Waals surface area contributed by atoms with Crippen molar-refractivity contribution >= 4 is 0 Å². The third kappa shape index (κ3) is 4.04. The molecule has 2 heteroatoms. The van der Waals surface area contributed by atoms with E-state index in [0.29, 0.717) is 6.54 Å². The zero-order valence-corrected chi connectivity index (χ0v) is 8.39. The molecule has 0 aromatic heterocycles. The van der Waals surface area contributed by atoms with Crippen LogP contribution in [-0.2, 0) is 6.54 Å². The van der Waals surface area contributed by atoms with Gasteiger partial charge in [-0.1, -0.05) is 12.1 Å². The summed E-state index contributed by atoms with van der Waals surface area (Å²) < 4.78 is 12.8. The first kappa shape index (κ1) is 10.2. The highest BCUT2D eigenvalue weighted by Crippen LogP contribution is 2.06. The van der Waals surface area contributed by atoms with Gasteiger partial charge in [0.15, 0.2) is 0 Å². The van der Waals surface area contributed by atoms with Gasteiger partial charge < -0.3 is 5.32 Å². The minimum Gasteiger partial charge on any atom is -0.308 e. The van der Waals surface area contributed by atoms with Crippen molar-refractivity contribution in [2.75, 3.05) is 0 Å². The highest BCUT2D eigenvalue weighted by Gasteiger charge is 2.07. The van der Waals surface area contributed by atoms with Crippen LogP contribution in [0.15, 0.2) is 24.3 Å². The van der Waals surface area contributed by atoms with Gasteiger partial charge in [0.1, 0.15) is 5.82 Å². The summed E-state index contributed by atoms with van der Waals surface area (Å²) in [6, 6.07) is 6.66. The SMILES string of the molecule is CC(C)(C)NCc1cccc(F)c1. The molecule has 0 saturated heterocycles. The lowest BCUT2D eigenvalue weighted by Gasteiger charge is -2.20. The Bertz CT molecular complexity index is 276. The normalized spacial score (nSPS) is 11.7. The molecule has 1 aromatic rings. The third-order valence-electron chi connectivity index (χ3n) is 1.71. The number of hydrogen-bond donors (Lipinski definition) is 1. The summed E-state index contributed by atoms with van der Waals surface area (Å²) in [5, 5.41) is 3.30. The maximum absolute atomic E-state index is 12.8. The fourth-order valence-electron chi connectivity index (χ4n) is 1.01. The van der Waals surface area contributed by atoms with E-state index in [1.807, 2.05) is 6.07 Å². The average molecular weight is 181 g/mol. The van der Waals surface area contributed by atoms with E-state index in [1.165, 1.54) is 6.07 Å². The van der Waals surface area contributed by atoms with Crippen LogP contribution in [0.2, 0.25) is 0 Å². The van der Waals surface area contributed by atoms with Gasteiger partial charge in [0.05, 0.1) is 0 Å². The van der Waals surface area contributed by atoms with Crippen LogP contribution in [0.3, 0.4) is 0 Å². The minimum atomic E-state index is -0.173. The van der Waals surface area contributed by atoms with Gasteiger partial charge in [0.25, 0.3) is 0 Å². The fourth-order valence-corrected chi connectivity index (χ4v) is 1.01. The van der Waals surface area contributed by atoms with Gasteiger partial charge in [-0.15, -0.1) is 0 Å². The van der Waals surface area contributed by atoms with E-state index in [4.69, 9.17) is 0 Å². The summed E-state index contributed by atoms with van der Waals surface area (Å²) in [5.74, 6) is -0.173. The van der Waals surface area contributed by atoms with E-state index in [-0.39, 0.29) is 11.4 Å². The number of rotatable bonds is 2. The van der Waals surface area contributed by atoms with Crippen molar-refractivity contribution in [2.24, 2.45) is 0 Å². The maximum atomic E-state index is 12.8. The van der Waals surface area contributed by atoms with Crippen molar-refractivity contribution in [1.82, 2.24) is 5.32 Å². The number of hydrogen-bond acceptors (Lipinski definition) is 1. The molecule has 72 valence electrons. The van der Waals surface area contributed by atoms with Gasteiger partial charge in [-0.3, -0.25) is 0 Å². The second-order valence-electron chi connectivity index (χ2n) is 4.23. The summed E-state index contributed by atoms with van der Waals surface area (Å²) in [5.41, 5.74) is 1.06. The van der Waals surface area contributed by atoms with Gasteiger partial charge in [-0.25, -0.2) is 4.39 Å². The predicted molar refractivity (Wildman–Crippen MR) is 53.0 cm³/mol. The molecular weight excluding hydrogens is 165 g/mol.